The van der Waals surface area contributed by atoms with Crippen molar-refractivity contribution in [2.45, 2.75) is 145 Å². The van der Waals surface area contributed by atoms with Gasteiger partial charge in [0, 0.05) is 25.0 Å². The summed E-state index contributed by atoms with van der Waals surface area (Å²) >= 11 is 0.913. The molecule has 21 rings (SSSR count). The molecule has 0 radical (unpaired) electrons. The van der Waals surface area contributed by atoms with Crippen LogP contribution in [-0.4, -0.2) is 299 Å². The molecule has 21 heterocycles. The molecule has 0 aromatic carbocycles. The number of nitrogens with two attached hydrogens (primary N) is 6. The fourth-order valence-corrected chi connectivity index (χ4v) is 23.7. The monoisotopic (exact) mass is 2040 g/mol. The number of terminal acetylenes is 1. The van der Waals surface area contributed by atoms with Gasteiger partial charge in [-0.05, 0) is 18.2 Å². The average molecular weight is 2040 g/mol. The highest BCUT2D eigenvalue weighted by molar-refractivity contribution is 8.00. The number of phosphoric acid groups is 6. The Morgan fingerprint density at radius 3 is 1.25 bits per heavy atom. The number of hydrogen-bond donors (Lipinski definition) is 20. The highest BCUT2D eigenvalue weighted by Gasteiger charge is 2.62. The summed E-state index contributed by atoms with van der Waals surface area (Å²) in [4.78, 5) is 157. The molecule has 0 aliphatic carbocycles. The Labute approximate surface area is 757 Å². The number of fused-ring (bicyclic) bond motifs is 15. The molecule has 12 aromatic rings. The van der Waals surface area contributed by atoms with Crippen molar-refractivity contribution in [1.82, 2.24) is 102 Å². The van der Waals surface area contributed by atoms with Crippen LogP contribution in [0.2, 0.25) is 0 Å². The number of aliphatic hydroxyl groups is 5. The van der Waals surface area contributed by atoms with Gasteiger partial charge in [0.15, 0.2) is 80.9 Å². The van der Waals surface area contributed by atoms with Crippen LogP contribution in [0.4, 0.5) is 34.9 Å². The number of nitrogen functional groups attached to an aromatic ring is 6. The lowest BCUT2D eigenvalue weighted by atomic mass is 9.97. The molecule has 12 unspecified atom stereocenters. The molecule has 64 nitrogen and oxygen atoms in total. The van der Waals surface area contributed by atoms with Crippen LogP contribution in [0.15, 0.2) is 89.1 Å². The first-order chi connectivity index (χ1) is 64.4. The molecular weight excluding hydrogens is 1970 g/mol. The van der Waals surface area contributed by atoms with E-state index >= 15 is 0 Å². The summed E-state index contributed by atoms with van der Waals surface area (Å²) < 4.78 is 180. The Hall–Kier alpha value is -10.1. The van der Waals surface area contributed by atoms with Gasteiger partial charge in [-0.15, -0.1) is 18.2 Å². The Morgan fingerprint density at radius 1 is 0.390 bits per heavy atom. The molecule has 728 valence electrons. The third-order valence-electron chi connectivity index (χ3n) is 22.6. The second-order valence-electron chi connectivity index (χ2n) is 31.1. The maximum atomic E-state index is 13.4. The molecule has 12 aromatic heterocycles. The van der Waals surface area contributed by atoms with E-state index < -0.39 is 242 Å². The van der Waals surface area contributed by atoms with Crippen molar-refractivity contribution < 1.29 is 160 Å². The van der Waals surface area contributed by atoms with Crippen LogP contribution < -0.4 is 51.1 Å². The van der Waals surface area contributed by atoms with Gasteiger partial charge < -0.3 is 113 Å². The number of ether oxygens (including phenoxy) is 5. The van der Waals surface area contributed by atoms with Gasteiger partial charge in [-0.2, -0.15) is 15.0 Å². The summed E-state index contributed by atoms with van der Waals surface area (Å²) in [6.07, 6.45) is -13.2. The molecule has 9 saturated heterocycles. The van der Waals surface area contributed by atoms with Crippen molar-refractivity contribution in [2.24, 2.45) is 0 Å². The van der Waals surface area contributed by atoms with Crippen molar-refractivity contribution in [3.05, 3.63) is 106 Å². The number of aromatic nitrogens is 21. The van der Waals surface area contributed by atoms with E-state index in [0.29, 0.717) is 28.1 Å². The van der Waals surface area contributed by atoms with Crippen molar-refractivity contribution in [3.8, 4) is 12.3 Å². The molecule has 71 heteroatoms. The van der Waals surface area contributed by atoms with E-state index in [0.717, 1.165) is 33.6 Å². The smallest absolute Gasteiger partial charge is 0.397 e. The fraction of sp³-hybridized carbons (Fsp3) is 0.462. The molecule has 26 N–H and O–H groups in total. The quantitative estimate of drug-likeness (QED) is 0.0568. The van der Waals surface area contributed by atoms with Gasteiger partial charge in [-0.1, -0.05) is 5.92 Å². The van der Waals surface area contributed by atoms with Gasteiger partial charge in [0.2, 0.25) is 17.8 Å². The standard InChI is InChI=1S/C23H25N9O13P2.C21H25N9O12P2S.C21H25N9O12P2/c1-2-23-6-41-47(38,39)44-15-13(33)10(42-21(15)32-8-28-12-18(32)29-22(25)30-19(12)35)5-40-46(36,37)45-16(23)14(34)20(43-23)31-7-27-11-9(24)3-4-26-17(11)31;22-7-1-2-24-16-10(7)25-5-29(16)19-13(32)14-8(40-19)3-38-43(34,35)42-15-12(31)9(4-39-44(36,37)41-14)45-20(15)30-6-26-11-17(30)27-21(23)28-18(11)33;22-8-1-2-24-17-13(8)25-6-29(17)12-3-9-10(39-12)4-37-44(35,36)42-16-15(31)11(5-38-43(33,34)41-9)40-20(16)30-7-26-14-18(30)27-21(23)28-19(14)32/h1,3-4,7-8,10,13-16,20-21,33-34H,5-6H2,(H2,24,26)(H,36,37)(H,38,39)(H3,25,29,30,35);1-2,5-6,8-9,12-15,19-20,31-32H,3-4H2,(H2,22,24)(H,34,35)(H,36,37)(H3,23,27,28,33);1-2,6-7,9-12,15-16,20,31H,3-5H2,(H2,22,24)(H,33,34)(H,35,36)(H3,23,27,28,32)/t10-,13?,14+,15+,16?,20-,21-,23-;8-,9-,12?,13+,14?,15+,19-,20-;9?,10-,11-,12-,15?,16+,20-/m111/s1. The highest BCUT2D eigenvalue weighted by Crippen LogP contribution is 2.61. The third kappa shape index (κ3) is 17.9. The minimum Gasteiger partial charge on any atom is -0.397 e. The van der Waals surface area contributed by atoms with Crippen molar-refractivity contribution in [3.63, 3.8) is 0 Å². The summed E-state index contributed by atoms with van der Waals surface area (Å²) in [5.74, 6) is 1.39. The van der Waals surface area contributed by atoms with E-state index in [4.69, 9.17) is 119 Å². The number of H-pyrrole nitrogens is 3. The van der Waals surface area contributed by atoms with E-state index in [1.165, 1.54) is 74.3 Å². The number of aliphatic hydroxyl groups excluding tert-OH is 5. The molecule has 9 aliphatic heterocycles. The van der Waals surface area contributed by atoms with Crippen LogP contribution in [0.1, 0.15) is 42.9 Å². The lowest BCUT2D eigenvalue weighted by Gasteiger charge is -2.31. The maximum Gasteiger partial charge on any atom is 0.472 e. The van der Waals surface area contributed by atoms with Crippen molar-refractivity contribution in [1.29, 1.82) is 0 Å². The number of imidazole rings is 6. The molecule has 9 aliphatic rings. The zero-order chi connectivity index (χ0) is 96.3. The van der Waals surface area contributed by atoms with Gasteiger partial charge in [0.1, 0.15) is 120 Å². The van der Waals surface area contributed by atoms with E-state index in [-0.39, 0.29) is 80.3 Å². The average Bonchev–Trinajstić information content (AvgIpc) is 1.58. The van der Waals surface area contributed by atoms with Gasteiger partial charge >= 0.3 is 46.9 Å². The molecule has 136 heavy (non-hydrogen) atoms. The van der Waals surface area contributed by atoms with Crippen LogP contribution in [0.25, 0.3) is 67.0 Å². The van der Waals surface area contributed by atoms with Crippen molar-refractivity contribution in [2.75, 3.05) is 74.0 Å². The Kier molecular flexibility index (Phi) is 24.9. The Bertz CT molecular complexity index is 7250. The molecule has 0 amide bonds. The number of thioether (sulfide) groups is 1. The van der Waals surface area contributed by atoms with Gasteiger partial charge in [0.25, 0.3) is 16.7 Å². The molecule has 9 fully saturated rings. The summed E-state index contributed by atoms with van der Waals surface area (Å²) in [7, 11) is -30.4. The normalized spacial score (nSPS) is 37.4. The van der Waals surface area contributed by atoms with Gasteiger partial charge in [0.05, 0.1) is 99.4 Å². The molecule has 0 saturated carbocycles. The van der Waals surface area contributed by atoms with Crippen LogP contribution in [0.3, 0.4) is 0 Å². The third-order valence-corrected chi connectivity index (χ3v) is 30.0. The molecule has 29 atom stereocenters. The second-order valence-corrected chi connectivity index (χ2v) is 40.9. The maximum absolute atomic E-state index is 13.4. The van der Waals surface area contributed by atoms with Gasteiger partial charge in [-0.3, -0.25) is 111 Å². The number of aromatic amines is 3. The van der Waals surface area contributed by atoms with Crippen molar-refractivity contribution >= 4 is 161 Å². The number of phosphoric ester groups is 6. The van der Waals surface area contributed by atoms with E-state index in [2.05, 4.69) is 80.7 Å². The number of hydrogen-bond acceptors (Lipinski definition) is 50. The fourth-order valence-electron chi connectivity index (χ4n) is 16.3. The van der Waals surface area contributed by atoms with Gasteiger partial charge in [-0.25, -0.2) is 72.2 Å². The summed E-state index contributed by atoms with van der Waals surface area (Å²) in [5.41, 5.74) is 32.4. The van der Waals surface area contributed by atoms with E-state index in [1.54, 1.807) is 6.07 Å². The number of nitrogens with zero attached hydrogens (tertiary/aromatic N) is 18. The largest absolute Gasteiger partial charge is 0.472 e. The number of anilines is 6. The minimum atomic E-state index is -5.26. The zero-order valence-electron chi connectivity index (χ0n) is 68.3. The highest BCUT2D eigenvalue weighted by atomic mass is 32.2. The predicted molar refractivity (Wildman–Crippen MR) is 450 cm³/mol. The van der Waals surface area contributed by atoms with Crippen LogP contribution >= 0.6 is 58.7 Å². The number of rotatable bonds is 6. The SMILES string of the molecule is C#C[C@@]12COP(=O)(O)O[C@H]3C(O)[C@@H](COP(=O)(O)OC1[C@H](O)[C@H](n1cnc4c(N)ccnc41)O2)O[C@H]3n1cnc2c(=O)[nH]c(N)nc21.Nc1nc2c(ncn2[C@@H]2O[C@@H]3COP(=O)(O)OC4C[C@H](n5cnc6c(N)ccnc65)O[C@@H]4COP(=O)(O)O[C@H]2C3O)c(=O)[nH]1.Nc1nc2c(ncn2[C@@H]2S[C@@H]3COP(=O)(O)OC4[C@@H](COP(=O)(O)O[C@H]2C3O)O[C@@H](n2cnc3c(N)ccnc32)[C@H]4O)c(=O)[nH]1. The Morgan fingerprint density at radius 2 is 0.765 bits per heavy atom. The molecule has 6 bridgehead atoms. The van der Waals surface area contributed by atoms with E-state index in [1.807, 2.05) is 0 Å². The topological polar surface area (TPSA) is 921 Å². The molecule has 0 spiro atoms. The van der Waals surface area contributed by atoms with Crippen LogP contribution in [0.5, 0.6) is 0 Å². The first-order valence-electron chi connectivity index (χ1n) is 39.6. The summed E-state index contributed by atoms with van der Waals surface area (Å²) in [5, 5.41) is 53.6. The first kappa shape index (κ1) is 94.8. The summed E-state index contributed by atoms with van der Waals surface area (Å²) in [6.45, 7) is -4.73. The predicted octanol–water partition coefficient (Wildman–Crippen LogP) is -3.46. The Balaban J connectivity index is 0.000000131. The number of nitrogens with one attached hydrogen (secondary N) is 3. The first-order valence-corrected chi connectivity index (χ1v) is 49.5. The lowest BCUT2D eigenvalue weighted by molar-refractivity contribution is -0.0961. The van der Waals surface area contributed by atoms with Crippen LogP contribution in [0, 0.1) is 12.3 Å². The molecular formula is C65H75N27O37P6S. The second kappa shape index (κ2) is 35.6. The minimum absolute atomic E-state index is 0.0208. The lowest BCUT2D eigenvalue weighted by Crippen LogP contribution is -2.47. The number of pyridine rings is 3. The van der Waals surface area contributed by atoms with Crippen LogP contribution in [-0.2, 0) is 105 Å². The van der Waals surface area contributed by atoms with E-state index in [9.17, 15) is 96.7 Å². The summed E-state index contributed by atoms with van der Waals surface area (Å²) in [6, 6.07) is 4.57. The zero-order valence-corrected chi connectivity index (χ0v) is 74.5.